The normalized spacial score (nSPS) is 13.9. The Morgan fingerprint density at radius 1 is 1.26 bits per heavy atom. The Hall–Kier alpha value is -1.95. The molecule has 0 spiro atoms. The summed E-state index contributed by atoms with van der Waals surface area (Å²) in [6.45, 7) is 1.20. The van der Waals surface area contributed by atoms with Crippen molar-refractivity contribution in [1.82, 2.24) is 9.97 Å². The number of nitrogens with one attached hydrogen (secondary N) is 1. The van der Waals surface area contributed by atoms with Crippen LogP contribution in [0.25, 0.3) is 0 Å². The van der Waals surface area contributed by atoms with Crippen LogP contribution >= 0.6 is 11.6 Å². The molecule has 1 aromatic heterocycles. The van der Waals surface area contributed by atoms with E-state index < -0.39 is 5.92 Å². The molecule has 0 amide bonds. The standard InChI is InChI=1S/C16H17ClF2N4/c1-16(18,19)10-5-9(6-11(20)7-10)8-21-14-12-3-2-4-13(12)22-15(17)23-14/h5-7H,2-4,8,20H2,1H3,(H,21,22,23). The van der Waals surface area contributed by atoms with Gasteiger partial charge in [-0.3, -0.25) is 0 Å². The van der Waals surface area contributed by atoms with Gasteiger partial charge in [0.25, 0.3) is 5.92 Å². The van der Waals surface area contributed by atoms with Gasteiger partial charge in [0.15, 0.2) is 0 Å². The summed E-state index contributed by atoms with van der Waals surface area (Å²) in [6.07, 6.45) is 2.80. The fourth-order valence-electron chi connectivity index (χ4n) is 2.81. The lowest BCUT2D eigenvalue weighted by Crippen LogP contribution is -2.11. The van der Waals surface area contributed by atoms with Crippen LogP contribution in [0, 0.1) is 0 Å². The highest BCUT2D eigenvalue weighted by atomic mass is 35.5. The number of alkyl halides is 2. The minimum absolute atomic E-state index is 0.0970. The molecule has 0 fully saturated rings. The van der Waals surface area contributed by atoms with Gasteiger partial charge in [0, 0.05) is 30.3 Å². The zero-order valence-electron chi connectivity index (χ0n) is 12.7. The Balaban J connectivity index is 1.83. The molecule has 2 aromatic rings. The molecular formula is C16H17ClF2N4. The van der Waals surface area contributed by atoms with Crippen molar-refractivity contribution in [3.63, 3.8) is 0 Å². The molecule has 122 valence electrons. The van der Waals surface area contributed by atoms with E-state index in [1.165, 1.54) is 12.1 Å². The molecule has 0 saturated heterocycles. The summed E-state index contributed by atoms with van der Waals surface area (Å²) >= 11 is 5.94. The Bertz CT molecular complexity index is 744. The fourth-order valence-corrected chi connectivity index (χ4v) is 2.99. The molecule has 23 heavy (non-hydrogen) atoms. The highest BCUT2D eigenvalue weighted by Crippen LogP contribution is 2.30. The number of anilines is 2. The largest absolute Gasteiger partial charge is 0.399 e. The van der Waals surface area contributed by atoms with Gasteiger partial charge >= 0.3 is 0 Å². The molecule has 0 saturated carbocycles. The molecule has 0 aliphatic heterocycles. The lowest BCUT2D eigenvalue weighted by atomic mass is 10.0. The van der Waals surface area contributed by atoms with Gasteiger partial charge in [0.05, 0.1) is 5.69 Å². The minimum Gasteiger partial charge on any atom is -0.399 e. The van der Waals surface area contributed by atoms with Gasteiger partial charge in [-0.2, -0.15) is 0 Å². The Morgan fingerprint density at radius 2 is 2.04 bits per heavy atom. The topological polar surface area (TPSA) is 63.8 Å². The summed E-state index contributed by atoms with van der Waals surface area (Å²) in [6, 6.07) is 4.42. The smallest absolute Gasteiger partial charge is 0.270 e. The van der Waals surface area contributed by atoms with Crippen LogP contribution in [0.15, 0.2) is 18.2 Å². The maximum absolute atomic E-state index is 13.5. The number of hydrogen-bond acceptors (Lipinski definition) is 4. The Kier molecular flexibility index (Phi) is 4.10. The van der Waals surface area contributed by atoms with Crippen LogP contribution in [0.1, 0.15) is 35.7 Å². The molecule has 0 bridgehead atoms. The SMILES string of the molecule is CC(F)(F)c1cc(N)cc(CNc2nc(Cl)nc3c2CCC3)c1. The van der Waals surface area contributed by atoms with Gasteiger partial charge in [0.1, 0.15) is 5.82 Å². The van der Waals surface area contributed by atoms with E-state index in [4.69, 9.17) is 17.3 Å². The van der Waals surface area contributed by atoms with Crippen LogP contribution in [0.2, 0.25) is 5.28 Å². The first kappa shape index (κ1) is 15.9. The lowest BCUT2D eigenvalue weighted by molar-refractivity contribution is 0.0174. The first-order valence-electron chi connectivity index (χ1n) is 7.40. The van der Waals surface area contributed by atoms with Crippen molar-refractivity contribution in [2.24, 2.45) is 0 Å². The van der Waals surface area contributed by atoms with Gasteiger partial charge in [0.2, 0.25) is 5.28 Å². The van der Waals surface area contributed by atoms with Crippen LogP contribution in [-0.2, 0) is 25.3 Å². The highest BCUT2D eigenvalue weighted by Gasteiger charge is 2.25. The number of hydrogen-bond donors (Lipinski definition) is 2. The average molecular weight is 339 g/mol. The second-order valence-electron chi connectivity index (χ2n) is 5.83. The number of rotatable bonds is 4. The quantitative estimate of drug-likeness (QED) is 0.655. The molecule has 4 nitrogen and oxygen atoms in total. The first-order valence-corrected chi connectivity index (χ1v) is 7.77. The predicted octanol–water partition coefficient (Wildman–Crippen LogP) is 3.92. The molecule has 0 unspecified atom stereocenters. The van der Waals surface area contributed by atoms with E-state index in [-0.39, 0.29) is 10.8 Å². The Labute approximate surface area is 138 Å². The summed E-state index contributed by atoms with van der Waals surface area (Å²) in [7, 11) is 0. The monoisotopic (exact) mass is 338 g/mol. The van der Waals surface area contributed by atoms with Crippen molar-refractivity contribution < 1.29 is 8.78 Å². The van der Waals surface area contributed by atoms with Crippen molar-refractivity contribution in [3.05, 3.63) is 45.9 Å². The first-order chi connectivity index (χ1) is 10.8. The summed E-state index contributed by atoms with van der Waals surface area (Å²) in [4.78, 5) is 8.44. The number of fused-ring (bicyclic) bond motifs is 1. The molecule has 7 heteroatoms. The number of nitrogens with zero attached hydrogens (tertiary/aromatic N) is 2. The predicted molar refractivity (Wildman–Crippen MR) is 86.8 cm³/mol. The molecule has 1 heterocycles. The lowest BCUT2D eigenvalue weighted by Gasteiger charge is -2.15. The number of halogens is 3. The number of aryl methyl sites for hydroxylation is 1. The van der Waals surface area contributed by atoms with E-state index in [0.29, 0.717) is 23.6 Å². The van der Waals surface area contributed by atoms with Crippen molar-refractivity contribution in [3.8, 4) is 0 Å². The second kappa shape index (κ2) is 5.92. The maximum atomic E-state index is 13.5. The third-order valence-corrected chi connectivity index (χ3v) is 4.06. The van der Waals surface area contributed by atoms with Crippen LogP contribution in [0.5, 0.6) is 0 Å². The molecule has 0 atom stereocenters. The van der Waals surface area contributed by atoms with Crippen molar-refractivity contribution >= 4 is 23.1 Å². The van der Waals surface area contributed by atoms with Crippen LogP contribution in [-0.4, -0.2) is 9.97 Å². The van der Waals surface area contributed by atoms with Gasteiger partial charge in [-0.1, -0.05) is 0 Å². The van der Waals surface area contributed by atoms with Crippen LogP contribution in [0.4, 0.5) is 20.3 Å². The average Bonchev–Trinajstić information content (AvgIpc) is 2.91. The van der Waals surface area contributed by atoms with E-state index in [0.717, 1.165) is 37.4 Å². The van der Waals surface area contributed by atoms with E-state index in [9.17, 15) is 8.78 Å². The highest BCUT2D eigenvalue weighted by molar-refractivity contribution is 6.28. The molecule has 1 aliphatic carbocycles. The summed E-state index contributed by atoms with van der Waals surface area (Å²) < 4.78 is 27.0. The maximum Gasteiger partial charge on any atom is 0.270 e. The molecule has 0 radical (unpaired) electrons. The Morgan fingerprint density at radius 3 is 2.78 bits per heavy atom. The second-order valence-corrected chi connectivity index (χ2v) is 6.16. The van der Waals surface area contributed by atoms with E-state index >= 15 is 0 Å². The third kappa shape index (κ3) is 3.52. The molecule has 1 aliphatic rings. The van der Waals surface area contributed by atoms with Crippen molar-refractivity contribution in [2.45, 2.75) is 38.7 Å². The molecule has 3 N–H and O–H groups in total. The molecule has 1 aromatic carbocycles. The summed E-state index contributed by atoms with van der Waals surface area (Å²) in [5.74, 6) is -2.26. The van der Waals surface area contributed by atoms with Gasteiger partial charge in [-0.15, -0.1) is 0 Å². The number of nitrogen functional groups attached to an aromatic ring is 1. The number of nitrogens with two attached hydrogens (primary N) is 1. The van der Waals surface area contributed by atoms with Crippen molar-refractivity contribution in [2.75, 3.05) is 11.1 Å². The third-order valence-electron chi connectivity index (χ3n) is 3.89. The number of aromatic nitrogens is 2. The van der Waals surface area contributed by atoms with E-state index in [2.05, 4.69) is 15.3 Å². The van der Waals surface area contributed by atoms with Gasteiger partial charge < -0.3 is 11.1 Å². The van der Waals surface area contributed by atoms with Crippen molar-refractivity contribution in [1.29, 1.82) is 0 Å². The van der Waals surface area contributed by atoms with Crippen LogP contribution < -0.4 is 11.1 Å². The minimum atomic E-state index is -2.93. The summed E-state index contributed by atoms with van der Waals surface area (Å²) in [5.41, 5.74) is 8.63. The zero-order valence-corrected chi connectivity index (χ0v) is 13.4. The van der Waals surface area contributed by atoms with E-state index in [1.807, 2.05) is 0 Å². The van der Waals surface area contributed by atoms with Gasteiger partial charge in [-0.05, 0) is 54.6 Å². The summed E-state index contributed by atoms with van der Waals surface area (Å²) in [5, 5.41) is 3.37. The number of benzene rings is 1. The fraction of sp³-hybridized carbons (Fsp3) is 0.375. The molecular weight excluding hydrogens is 322 g/mol. The zero-order chi connectivity index (χ0) is 16.6. The van der Waals surface area contributed by atoms with E-state index in [1.54, 1.807) is 6.07 Å². The van der Waals surface area contributed by atoms with Gasteiger partial charge in [-0.25, -0.2) is 18.7 Å². The van der Waals surface area contributed by atoms with Crippen LogP contribution in [0.3, 0.4) is 0 Å². The molecule has 3 rings (SSSR count).